The molecule has 4 nitrogen and oxygen atoms in total. The summed E-state index contributed by atoms with van der Waals surface area (Å²) in [5, 5.41) is 3.82. The molecule has 1 N–H and O–H groups in total. The summed E-state index contributed by atoms with van der Waals surface area (Å²) in [6, 6.07) is 15.7. The molecule has 0 spiro atoms. The molecule has 21 heavy (non-hydrogen) atoms. The van der Waals surface area contributed by atoms with Crippen molar-refractivity contribution >= 4 is 38.3 Å². The van der Waals surface area contributed by atoms with Gasteiger partial charge in [-0.25, -0.2) is 4.79 Å². The Morgan fingerprint density at radius 2 is 1.76 bits per heavy atom. The van der Waals surface area contributed by atoms with E-state index in [4.69, 9.17) is 4.42 Å². The number of amides is 1. The standard InChI is InChI=1S/C16H10BrNO3/c17-11-5-7-12(8-6-11)18-15(19)14-9-10-3-1-2-4-13(10)16(20)21-14/h1-9H,(H,18,19). The number of hydrogen-bond acceptors (Lipinski definition) is 3. The van der Waals surface area contributed by atoms with Crippen molar-refractivity contribution in [3.8, 4) is 0 Å². The van der Waals surface area contributed by atoms with E-state index in [1.165, 1.54) is 0 Å². The fraction of sp³-hybridized carbons (Fsp3) is 0. The molecule has 3 aromatic rings. The van der Waals surface area contributed by atoms with Crippen LogP contribution in [0.15, 0.2) is 68.3 Å². The number of carbonyl (C=O) groups excluding carboxylic acids is 1. The molecule has 0 unspecified atom stereocenters. The first kappa shape index (κ1) is 13.6. The molecule has 2 aromatic carbocycles. The number of anilines is 1. The highest BCUT2D eigenvalue weighted by Gasteiger charge is 2.12. The van der Waals surface area contributed by atoms with Crippen LogP contribution in [0, 0.1) is 0 Å². The second kappa shape index (κ2) is 5.54. The zero-order chi connectivity index (χ0) is 14.8. The van der Waals surface area contributed by atoms with Crippen molar-refractivity contribution in [1.82, 2.24) is 0 Å². The van der Waals surface area contributed by atoms with E-state index in [0.29, 0.717) is 16.5 Å². The predicted octanol–water partition coefficient (Wildman–Crippen LogP) is 3.81. The topological polar surface area (TPSA) is 59.3 Å². The Hall–Kier alpha value is -2.40. The van der Waals surface area contributed by atoms with Gasteiger partial charge in [0.05, 0.1) is 5.39 Å². The molecule has 0 fully saturated rings. The van der Waals surface area contributed by atoms with E-state index in [-0.39, 0.29) is 5.76 Å². The average molecular weight is 344 g/mol. The van der Waals surface area contributed by atoms with Gasteiger partial charge in [-0.3, -0.25) is 4.79 Å². The molecule has 5 heteroatoms. The summed E-state index contributed by atoms with van der Waals surface area (Å²) >= 11 is 3.32. The third-order valence-corrected chi connectivity index (χ3v) is 3.52. The van der Waals surface area contributed by atoms with E-state index < -0.39 is 11.5 Å². The molecule has 0 atom stereocenters. The number of rotatable bonds is 2. The quantitative estimate of drug-likeness (QED) is 0.769. The van der Waals surface area contributed by atoms with Crippen molar-refractivity contribution in [2.24, 2.45) is 0 Å². The Morgan fingerprint density at radius 3 is 2.52 bits per heavy atom. The van der Waals surface area contributed by atoms with Gasteiger partial charge in [-0.15, -0.1) is 0 Å². The van der Waals surface area contributed by atoms with Crippen LogP contribution >= 0.6 is 15.9 Å². The monoisotopic (exact) mass is 343 g/mol. The van der Waals surface area contributed by atoms with Gasteiger partial charge in [0.15, 0.2) is 5.76 Å². The van der Waals surface area contributed by atoms with Crippen LogP contribution in [0.5, 0.6) is 0 Å². The van der Waals surface area contributed by atoms with Crippen LogP contribution in [-0.4, -0.2) is 5.91 Å². The number of benzene rings is 2. The van der Waals surface area contributed by atoms with Gasteiger partial charge in [0, 0.05) is 10.2 Å². The minimum atomic E-state index is -0.519. The smallest absolute Gasteiger partial charge is 0.344 e. The molecule has 0 saturated heterocycles. The second-order valence-electron chi connectivity index (χ2n) is 4.45. The SMILES string of the molecule is O=C(Nc1ccc(Br)cc1)c1cc2ccccc2c(=O)o1. The fourth-order valence-electron chi connectivity index (χ4n) is 1.97. The molecule has 0 aliphatic carbocycles. The Morgan fingerprint density at radius 1 is 1.05 bits per heavy atom. The Bertz CT molecular complexity index is 869. The van der Waals surface area contributed by atoms with Crippen molar-refractivity contribution < 1.29 is 9.21 Å². The van der Waals surface area contributed by atoms with Crippen molar-refractivity contribution in [1.29, 1.82) is 0 Å². The van der Waals surface area contributed by atoms with Crippen LogP contribution in [0.1, 0.15) is 10.6 Å². The number of nitrogens with one attached hydrogen (secondary N) is 1. The Labute approximate surface area is 128 Å². The maximum Gasteiger partial charge on any atom is 0.344 e. The maximum atomic E-state index is 12.1. The molecule has 104 valence electrons. The summed E-state index contributed by atoms with van der Waals surface area (Å²) in [6.45, 7) is 0. The molecule has 0 radical (unpaired) electrons. The zero-order valence-electron chi connectivity index (χ0n) is 10.8. The summed E-state index contributed by atoms with van der Waals surface area (Å²) in [6.07, 6.45) is 0. The van der Waals surface area contributed by atoms with Crippen LogP contribution in [0.25, 0.3) is 10.8 Å². The lowest BCUT2D eigenvalue weighted by Gasteiger charge is -2.05. The third-order valence-electron chi connectivity index (χ3n) is 3.00. The molecule has 0 bridgehead atoms. The molecule has 3 rings (SSSR count). The first-order valence-electron chi connectivity index (χ1n) is 6.23. The number of halogens is 1. The van der Waals surface area contributed by atoms with Crippen LogP contribution in [0.2, 0.25) is 0 Å². The lowest BCUT2D eigenvalue weighted by molar-refractivity contribution is 0.0993. The molecule has 1 amide bonds. The molecule has 0 saturated carbocycles. The summed E-state index contributed by atoms with van der Waals surface area (Å²) in [5.74, 6) is -0.471. The molecule has 0 aliphatic heterocycles. The highest BCUT2D eigenvalue weighted by Crippen LogP contribution is 2.16. The van der Waals surface area contributed by atoms with Crippen LogP contribution in [0.3, 0.4) is 0 Å². The van der Waals surface area contributed by atoms with E-state index in [1.807, 2.05) is 12.1 Å². The normalized spacial score (nSPS) is 10.5. The molecular formula is C16H10BrNO3. The van der Waals surface area contributed by atoms with Gasteiger partial charge in [0.25, 0.3) is 5.91 Å². The molecule has 1 aromatic heterocycles. The Balaban J connectivity index is 1.94. The van der Waals surface area contributed by atoms with Crippen LogP contribution < -0.4 is 10.9 Å². The van der Waals surface area contributed by atoms with Gasteiger partial charge >= 0.3 is 5.63 Å². The number of carbonyl (C=O) groups is 1. The van der Waals surface area contributed by atoms with Gasteiger partial charge < -0.3 is 9.73 Å². The minimum Gasteiger partial charge on any atom is -0.417 e. The van der Waals surface area contributed by atoms with Gasteiger partial charge in [0.1, 0.15) is 0 Å². The molecule has 0 aliphatic rings. The zero-order valence-corrected chi connectivity index (χ0v) is 12.4. The van der Waals surface area contributed by atoms with Gasteiger partial charge in [-0.05, 0) is 41.8 Å². The maximum absolute atomic E-state index is 12.1. The highest BCUT2D eigenvalue weighted by atomic mass is 79.9. The number of fused-ring (bicyclic) bond motifs is 1. The third kappa shape index (κ3) is 2.87. The van der Waals surface area contributed by atoms with E-state index in [2.05, 4.69) is 21.2 Å². The van der Waals surface area contributed by atoms with E-state index in [1.54, 1.807) is 42.5 Å². The first-order chi connectivity index (χ1) is 10.1. The number of hydrogen-bond donors (Lipinski definition) is 1. The van der Waals surface area contributed by atoms with E-state index in [9.17, 15) is 9.59 Å². The summed E-state index contributed by atoms with van der Waals surface area (Å²) in [4.78, 5) is 24.0. The Kier molecular flexibility index (Phi) is 3.58. The van der Waals surface area contributed by atoms with E-state index >= 15 is 0 Å². The van der Waals surface area contributed by atoms with Crippen LogP contribution in [-0.2, 0) is 0 Å². The van der Waals surface area contributed by atoms with Crippen molar-refractivity contribution in [2.45, 2.75) is 0 Å². The largest absolute Gasteiger partial charge is 0.417 e. The average Bonchev–Trinajstić information content (AvgIpc) is 2.49. The lowest BCUT2D eigenvalue weighted by atomic mass is 10.1. The van der Waals surface area contributed by atoms with Crippen molar-refractivity contribution in [2.75, 3.05) is 5.32 Å². The van der Waals surface area contributed by atoms with Gasteiger partial charge in [0.2, 0.25) is 0 Å². The minimum absolute atomic E-state index is 0.0124. The van der Waals surface area contributed by atoms with Crippen LogP contribution in [0.4, 0.5) is 5.69 Å². The first-order valence-corrected chi connectivity index (χ1v) is 7.02. The van der Waals surface area contributed by atoms with Crippen molar-refractivity contribution in [3.05, 3.63) is 75.3 Å². The summed E-state index contributed by atoms with van der Waals surface area (Å²) < 4.78 is 5.99. The van der Waals surface area contributed by atoms with Gasteiger partial charge in [-0.2, -0.15) is 0 Å². The predicted molar refractivity (Wildman–Crippen MR) is 84.6 cm³/mol. The van der Waals surface area contributed by atoms with Crippen molar-refractivity contribution in [3.63, 3.8) is 0 Å². The summed E-state index contributed by atoms with van der Waals surface area (Å²) in [7, 11) is 0. The lowest BCUT2D eigenvalue weighted by Crippen LogP contribution is -2.14. The fourth-order valence-corrected chi connectivity index (χ4v) is 2.24. The molecular weight excluding hydrogens is 334 g/mol. The van der Waals surface area contributed by atoms with Gasteiger partial charge in [-0.1, -0.05) is 34.1 Å². The molecule has 1 heterocycles. The second-order valence-corrected chi connectivity index (χ2v) is 5.36. The highest BCUT2D eigenvalue weighted by molar-refractivity contribution is 9.10. The van der Waals surface area contributed by atoms with E-state index in [0.717, 1.165) is 4.47 Å². The summed E-state index contributed by atoms with van der Waals surface area (Å²) in [5.41, 5.74) is 0.105.